The highest BCUT2D eigenvalue weighted by Gasteiger charge is 2.54. The molecule has 9 nitrogen and oxygen atoms in total. The van der Waals surface area contributed by atoms with Crippen LogP contribution >= 0.6 is 12.4 Å². The summed E-state index contributed by atoms with van der Waals surface area (Å²) in [6.45, 7) is 8.43. The lowest BCUT2D eigenvalue weighted by molar-refractivity contribution is -0.165. The number of aliphatic hydroxyl groups is 1. The molecule has 2 atom stereocenters. The van der Waals surface area contributed by atoms with Gasteiger partial charge in [-0.1, -0.05) is 39.3 Å². The highest BCUT2D eigenvalue weighted by molar-refractivity contribution is 6.00. The van der Waals surface area contributed by atoms with Gasteiger partial charge in [-0.2, -0.15) is 0 Å². The monoisotopic (exact) mass is 586 g/mol. The molecule has 2 saturated heterocycles. The van der Waals surface area contributed by atoms with Gasteiger partial charge in [0.1, 0.15) is 23.1 Å². The molecule has 0 aromatic heterocycles. The Kier molecular flexibility index (Phi) is 11.2. The van der Waals surface area contributed by atoms with Gasteiger partial charge in [0.15, 0.2) is 0 Å². The summed E-state index contributed by atoms with van der Waals surface area (Å²) in [6, 6.07) is 14.0. The second kappa shape index (κ2) is 14.2. The maximum atomic E-state index is 13.5. The number of piperidine rings is 1. The van der Waals surface area contributed by atoms with E-state index in [1.807, 2.05) is 38.1 Å². The zero-order valence-electron chi connectivity index (χ0n) is 24.4. The Hall–Kier alpha value is -3.14. The van der Waals surface area contributed by atoms with Crippen LogP contribution in [0.2, 0.25) is 0 Å². The highest BCUT2D eigenvalue weighted by atomic mass is 35.5. The SMILES string of the molecule is CCCCN1C(=O)[C@@H]([C@H](O)C(C)C)NC(=O)C12CCN(Cc1ccc(Oc3ccc(C(=O)NC)cc3)cc1)CC2.Cl. The van der Waals surface area contributed by atoms with Gasteiger partial charge in [0.05, 0.1) is 6.10 Å². The number of unbranched alkanes of at least 4 members (excludes halogenated alkanes) is 1. The van der Waals surface area contributed by atoms with E-state index in [1.54, 1.807) is 36.2 Å². The zero-order chi connectivity index (χ0) is 28.9. The molecule has 2 aromatic rings. The predicted octanol–water partition coefficient (Wildman–Crippen LogP) is 3.74. The molecule has 2 fully saturated rings. The number of hydrogen-bond donors (Lipinski definition) is 3. The van der Waals surface area contributed by atoms with Crippen molar-refractivity contribution in [2.75, 3.05) is 26.7 Å². The smallest absolute Gasteiger partial charge is 0.251 e. The molecule has 2 heterocycles. The van der Waals surface area contributed by atoms with Crippen LogP contribution in [0.15, 0.2) is 48.5 Å². The summed E-state index contributed by atoms with van der Waals surface area (Å²) in [5.41, 5.74) is 0.844. The van der Waals surface area contributed by atoms with Crippen LogP contribution < -0.4 is 15.4 Å². The molecule has 3 amide bonds. The van der Waals surface area contributed by atoms with Gasteiger partial charge in [0.2, 0.25) is 11.8 Å². The Morgan fingerprint density at radius 3 is 2.20 bits per heavy atom. The third-order valence-corrected chi connectivity index (χ3v) is 8.11. The van der Waals surface area contributed by atoms with Gasteiger partial charge in [-0.05, 0) is 67.1 Å². The third kappa shape index (κ3) is 7.20. The first-order chi connectivity index (χ1) is 19.2. The Labute approximate surface area is 249 Å². The first-order valence-corrected chi connectivity index (χ1v) is 14.3. The lowest BCUT2D eigenvalue weighted by atomic mass is 9.80. The van der Waals surface area contributed by atoms with Crippen molar-refractivity contribution in [3.05, 3.63) is 59.7 Å². The highest BCUT2D eigenvalue weighted by Crippen LogP contribution is 2.35. The predicted molar refractivity (Wildman–Crippen MR) is 160 cm³/mol. The van der Waals surface area contributed by atoms with Gasteiger partial charge in [-0.15, -0.1) is 12.4 Å². The number of hydrogen-bond acceptors (Lipinski definition) is 6. The maximum Gasteiger partial charge on any atom is 0.251 e. The summed E-state index contributed by atoms with van der Waals surface area (Å²) in [5, 5.41) is 16.1. The maximum absolute atomic E-state index is 13.5. The Bertz CT molecular complexity index is 1180. The van der Waals surface area contributed by atoms with E-state index in [0.717, 1.165) is 24.9 Å². The number of piperazine rings is 1. The Morgan fingerprint density at radius 2 is 1.66 bits per heavy atom. The van der Waals surface area contributed by atoms with Crippen LogP contribution in [-0.2, 0) is 16.1 Å². The van der Waals surface area contributed by atoms with Crippen molar-refractivity contribution in [2.45, 2.75) is 70.7 Å². The number of ether oxygens (including phenoxy) is 1. The lowest BCUT2D eigenvalue weighted by Crippen LogP contribution is -2.74. The minimum atomic E-state index is -0.910. The van der Waals surface area contributed by atoms with Gasteiger partial charge < -0.3 is 25.4 Å². The zero-order valence-corrected chi connectivity index (χ0v) is 25.2. The molecule has 0 aliphatic carbocycles. The summed E-state index contributed by atoms with van der Waals surface area (Å²) in [4.78, 5) is 42.8. The minimum absolute atomic E-state index is 0. The first kappa shape index (κ1) is 32.4. The lowest BCUT2D eigenvalue weighted by Gasteiger charge is -2.52. The average molecular weight is 587 g/mol. The van der Waals surface area contributed by atoms with Crippen LogP contribution in [0.5, 0.6) is 11.5 Å². The van der Waals surface area contributed by atoms with Gasteiger partial charge >= 0.3 is 0 Å². The summed E-state index contributed by atoms with van der Waals surface area (Å²) in [5.74, 6) is 0.774. The fourth-order valence-corrected chi connectivity index (χ4v) is 5.55. The molecule has 0 bridgehead atoms. The van der Waals surface area contributed by atoms with E-state index < -0.39 is 17.7 Å². The Morgan fingerprint density at radius 1 is 1.07 bits per heavy atom. The van der Waals surface area contributed by atoms with Crippen LogP contribution in [0.1, 0.15) is 62.4 Å². The molecule has 1 spiro atoms. The summed E-state index contributed by atoms with van der Waals surface area (Å²) in [7, 11) is 1.60. The second-order valence-electron chi connectivity index (χ2n) is 11.2. The molecule has 4 rings (SSSR count). The fraction of sp³-hybridized carbons (Fsp3) is 0.516. The van der Waals surface area contributed by atoms with Crippen molar-refractivity contribution in [3.63, 3.8) is 0 Å². The minimum Gasteiger partial charge on any atom is -0.457 e. The van der Waals surface area contributed by atoms with Crippen LogP contribution in [0, 0.1) is 5.92 Å². The summed E-state index contributed by atoms with van der Waals surface area (Å²) < 4.78 is 5.93. The quantitative estimate of drug-likeness (QED) is 0.391. The van der Waals surface area contributed by atoms with E-state index in [1.165, 1.54) is 0 Å². The van der Waals surface area contributed by atoms with Crippen LogP contribution in [-0.4, -0.2) is 77.0 Å². The van der Waals surface area contributed by atoms with E-state index in [-0.39, 0.29) is 36.0 Å². The van der Waals surface area contributed by atoms with E-state index in [0.29, 0.717) is 49.5 Å². The number of halogens is 1. The number of carbonyl (C=O) groups is 3. The number of aliphatic hydroxyl groups excluding tert-OH is 1. The van der Waals surface area contributed by atoms with Crippen molar-refractivity contribution >= 4 is 30.1 Å². The van der Waals surface area contributed by atoms with Crippen LogP contribution in [0.3, 0.4) is 0 Å². The normalized spacial score (nSPS) is 19.5. The molecule has 0 radical (unpaired) electrons. The van der Waals surface area contributed by atoms with Crippen molar-refractivity contribution < 1.29 is 24.2 Å². The molecule has 0 unspecified atom stereocenters. The van der Waals surface area contributed by atoms with Gasteiger partial charge in [-0.25, -0.2) is 0 Å². The number of benzene rings is 2. The number of nitrogens with one attached hydrogen (secondary N) is 2. The molecule has 10 heteroatoms. The topological polar surface area (TPSA) is 111 Å². The molecular formula is C31H43ClN4O5. The van der Waals surface area contributed by atoms with Crippen LogP contribution in [0.25, 0.3) is 0 Å². The van der Waals surface area contributed by atoms with Crippen molar-refractivity contribution in [1.29, 1.82) is 0 Å². The molecular weight excluding hydrogens is 544 g/mol. The van der Waals surface area contributed by atoms with Crippen molar-refractivity contribution in [3.8, 4) is 11.5 Å². The molecule has 2 aliphatic heterocycles. The number of amides is 3. The molecule has 2 aromatic carbocycles. The van der Waals surface area contributed by atoms with Crippen LogP contribution in [0.4, 0.5) is 0 Å². The molecule has 0 saturated carbocycles. The van der Waals surface area contributed by atoms with Gasteiger partial charge in [0.25, 0.3) is 5.91 Å². The van der Waals surface area contributed by atoms with Crippen molar-refractivity contribution in [1.82, 2.24) is 20.4 Å². The van der Waals surface area contributed by atoms with E-state index >= 15 is 0 Å². The molecule has 224 valence electrons. The first-order valence-electron chi connectivity index (χ1n) is 14.3. The molecule has 3 N–H and O–H groups in total. The van der Waals surface area contributed by atoms with Gasteiger partial charge in [-0.3, -0.25) is 19.3 Å². The summed E-state index contributed by atoms with van der Waals surface area (Å²) in [6.07, 6.45) is 1.96. The van der Waals surface area contributed by atoms with Gasteiger partial charge in [0, 0.05) is 38.8 Å². The van der Waals surface area contributed by atoms with E-state index in [4.69, 9.17) is 4.74 Å². The average Bonchev–Trinajstić information content (AvgIpc) is 2.96. The standard InChI is InChI=1S/C31H42N4O5.ClH/c1-5-6-17-35-29(38)26(27(36)21(2)3)33-30(39)31(35)15-18-34(19-16-31)20-22-7-11-24(12-8-22)40-25-13-9-23(10-14-25)28(37)32-4;/h7-14,21,26-27,36H,5-6,15-20H2,1-4H3,(H,32,37)(H,33,39);1H/t26-,27-;/m1./s1. The second-order valence-corrected chi connectivity index (χ2v) is 11.2. The molecule has 2 aliphatic rings. The number of rotatable bonds is 10. The molecule has 41 heavy (non-hydrogen) atoms. The number of likely N-dealkylation sites (tertiary alicyclic amines) is 1. The van der Waals surface area contributed by atoms with E-state index in [9.17, 15) is 19.5 Å². The number of nitrogens with zero attached hydrogens (tertiary/aromatic N) is 2. The largest absolute Gasteiger partial charge is 0.457 e. The summed E-state index contributed by atoms with van der Waals surface area (Å²) >= 11 is 0. The third-order valence-electron chi connectivity index (χ3n) is 8.11. The fourth-order valence-electron chi connectivity index (χ4n) is 5.55. The van der Waals surface area contributed by atoms with Crippen molar-refractivity contribution in [2.24, 2.45) is 5.92 Å². The number of carbonyl (C=O) groups excluding carboxylic acids is 3. The van der Waals surface area contributed by atoms with E-state index in [2.05, 4.69) is 22.5 Å². The Balaban J connectivity index is 0.00000462.